The van der Waals surface area contributed by atoms with Crippen LogP contribution in [0.4, 0.5) is 0 Å². The summed E-state index contributed by atoms with van der Waals surface area (Å²) in [5.74, 6) is 1.05. The predicted molar refractivity (Wildman–Crippen MR) is 119 cm³/mol. The van der Waals surface area contributed by atoms with E-state index in [-0.39, 0.29) is 23.5 Å². The number of rotatable bonds is 4. The number of Topliss-reactive ketones (excluding diaryl/α,β-unsaturated/α-hetero) is 1. The Morgan fingerprint density at radius 1 is 1.12 bits per heavy atom. The maximum Gasteiger partial charge on any atom is 0.177 e. The highest BCUT2D eigenvalue weighted by Gasteiger charge is 2.74. The van der Waals surface area contributed by atoms with Crippen molar-refractivity contribution in [2.24, 2.45) is 11.8 Å². The first kappa shape index (κ1) is 19.1. The molecule has 2 bridgehead atoms. The van der Waals surface area contributed by atoms with Gasteiger partial charge in [-0.25, -0.2) is 0 Å². The molecule has 1 saturated heterocycles. The van der Waals surface area contributed by atoms with E-state index in [0.29, 0.717) is 25.0 Å². The zero-order valence-electron chi connectivity index (χ0n) is 18.2. The minimum Gasteiger partial charge on any atom is -0.504 e. The Labute approximate surface area is 188 Å². The number of aromatic hydroxyl groups is 1. The van der Waals surface area contributed by atoms with Gasteiger partial charge in [0.1, 0.15) is 0 Å². The van der Waals surface area contributed by atoms with E-state index < -0.39 is 17.1 Å². The number of phenols is 1. The highest BCUT2D eigenvalue weighted by atomic mass is 16.5. The second kappa shape index (κ2) is 6.36. The Morgan fingerprint density at radius 3 is 2.72 bits per heavy atom. The zero-order chi connectivity index (χ0) is 21.7. The summed E-state index contributed by atoms with van der Waals surface area (Å²) in [7, 11) is 0. The first-order valence-electron chi connectivity index (χ1n) is 12.1. The van der Waals surface area contributed by atoms with Crippen LogP contribution in [0.5, 0.6) is 11.5 Å². The van der Waals surface area contributed by atoms with E-state index in [1.807, 2.05) is 24.3 Å². The molecule has 2 saturated carbocycles. The number of phenolic OH excluding ortho intramolecular Hbond substituents is 1. The van der Waals surface area contributed by atoms with Crippen LogP contribution in [0.15, 0.2) is 42.5 Å². The van der Waals surface area contributed by atoms with E-state index in [2.05, 4.69) is 17.0 Å². The maximum absolute atomic E-state index is 13.8. The van der Waals surface area contributed by atoms with Crippen LogP contribution in [0.2, 0.25) is 0 Å². The topological polar surface area (TPSA) is 70.0 Å². The predicted octanol–water partition coefficient (Wildman–Crippen LogP) is 2.99. The molecule has 7 rings (SSSR count). The van der Waals surface area contributed by atoms with Crippen molar-refractivity contribution < 1.29 is 19.7 Å². The molecule has 0 amide bonds. The molecule has 3 aliphatic carbocycles. The van der Waals surface area contributed by atoms with Crippen molar-refractivity contribution in [2.75, 3.05) is 13.1 Å². The molecule has 5 atom stereocenters. The van der Waals surface area contributed by atoms with E-state index >= 15 is 0 Å². The molecule has 2 aromatic carbocycles. The molecule has 166 valence electrons. The minimum absolute atomic E-state index is 0.0164. The Hall–Kier alpha value is -2.37. The summed E-state index contributed by atoms with van der Waals surface area (Å²) in [6, 6.07) is 13.7. The molecule has 0 aromatic heterocycles. The third kappa shape index (κ3) is 2.33. The van der Waals surface area contributed by atoms with Crippen LogP contribution in [0.3, 0.4) is 0 Å². The maximum atomic E-state index is 13.8. The van der Waals surface area contributed by atoms with Gasteiger partial charge < -0.3 is 14.9 Å². The van der Waals surface area contributed by atoms with Crippen LogP contribution >= 0.6 is 0 Å². The molecule has 2 heterocycles. The lowest BCUT2D eigenvalue weighted by atomic mass is 9.47. The number of hydrogen-bond donors (Lipinski definition) is 2. The standard InChI is InChI=1S/C27H29NO4/c29-20-9-8-18-13-21-27(31)14-19(12-16-4-2-1-3-5-16)23(30)25-26(27,22(18)24(20)32-25)10-11-28(21)15-17-6-7-17/h1-5,8-9,17,19,21,25,29,31H,6-7,10-15H2/t19?,21-,25+,26+,27-/m1/s1. The van der Waals surface area contributed by atoms with Crippen LogP contribution in [-0.2, 0) is 23.1 Å². The van der Waals surface area contributed by atoms with Gasteiger partial charge in [0, 0.05) is 24.1 Å². The lowest BCUT2D eigenvalue weighted by Gasteiger charge is -2.63. The van der Waals surface area contributed by atoms with Crippen LogP contribution in [0.1, 0.15) is 42.4 Å². The minimum atomic E-state index is -1.04. The van der Waals surface area contributed by atoms with Gasteiger partial charge in [0.15, 0.2) is 23.4 Å². The normalized spacial score (nSPS) is 37.2. The number of nitrogens with zero attached hydrogens (tertiary/aromatic N) is 1. The average molecular weight is 432 g/mol. The first-order chi connectivity index (χ1) is 15.5. The number of piperidine rings is 1. The van der Waals surface area contributed by atoms with Crippen molar-refractivity contribution >= 4 is 5.78 Å². The van der Waals surface area contributed by atoms with Crippen molar-refractivity contribution in [3.63, 3.8) is 0 Å². The Morgan fingerprint density at radius 2 is 1.94 bits per heavy atom. The smallest absolute Gasteiger partial charge is 0.177 e. The fourth-order valence-corrected chi connectivity index (χ4v) is 7.47. The lowest BCUT2D eigenvalue weighted by Crippen LogP contribution is -2.78. The number of ketones is 1. The fourth-order valence-electron chi connectivity index (χ4n) is 7.47. The highest BCUT2D eigenvalue weighted by molar-refractivity contribution is 5.92. The Kier molecular flexibility index (Phi) is 3.80. The Bertz CT molecular complexity index is 1110. The summed E-state index contributed by atoms with van der Waals surface area (Å²) in [6.07, 6.45) is 4.36. The molecular formula is C27H29NO4. The molecule has 32 heavy (non-hydrogen) atoms. The van der Waals surface area contributed by atoms with E-state index in [0.717, 1.165) is 42.1 Å². The third-order valence-corrected chi connectivity index (χ3v) is 9.06. The second-order valence-electron chi connectivity index (χ2n) is 10.7. The van der Waals surface area contributed by atoms with Crippen molar-refractivity contribution in [3.8, 4) is 11.5 Å². The van der Waals surface area contributed by atoms with Crippen LogP contribution in [0, 0.1) is 11.8 Å². The number of ether oxygens (including phenoxy) is 1. The first-order valence-corrected chi connectivity index (χ1v) is 12.1. The van der Waals surface area contributed by atoms with Crippen LogP contribution < -0.4 is 4.74 Å². The van der Waals surface area contributed by atoms with Gasteiger partial charge in [-0.3, -0.25) is 9.69 Å². The molecule has 5 heteroatoms. The van der Waals surface area contributed by atoms with Gasteiger partial charge in [0.25, 0.3) is 0 Å². The molecule has 5 aliphatic rings. The van der Waals surface area contributed by atoms with E-state index in [9.17, 15) is 15.0 Å². The summed E-state index contributed by atoms with van der Waals surface area (Å²) in [5.41, 5.74) is 1.37. The summed E-state index contributed by atoms with van der Waals surface area (Å²) in [6.45, 7) is 1.90. The van der Waals surface area contributed by atoms with E-state index in [1.54, 1.807) is 6.07 Å². The molecule has 1 unspecified atom stereocenters. The Balaban J connectivity index is 1.37. The van der Waals surface area contributed by atoms with Gasteiger partial charge in [0.05, 0.1) is 11.0 Å². The molecule has 0 radical (unpaired) electrons. The molecule has 3 fully saturated rings. The van der Waals surface area contributed by atoms with Crippen molar-refractivity contribution in [2.45, 2.75) is 61.7 Å². The number of hydrogen-bond acceptors (Lipinski definition) is 5. The summed E-state index contributed by atoms with van der Waals surface area (Å²) in [5, 5.41) is 23.2. The quantitative estimate of drug-likeness (QED) is 0.779. The zero-order valence-corrected chi connectivity index (χ0v) is 18.2. The lowest BCUT2D eigenvalue weighted by molar-refractivity contribution is -0.197. The van der Waals surface area contributed by atoms with Gasteiger partial charge in [-0.05, 0) is 68.2 Å². The van der Waals surface area contributed by atoms with Gasteiger partial charge >= 0.3 is 0 Å². The van der Waals surface area contributed by atoms with E-state index in [4.69, 9.17) is 4.74 Å². The van der Waals surface area contributed by atoms with Crippen molar-refractivity contribution in [1.82, 2.24) is 4.90 Å². The summed E-state index contributed by atoms with van der Waals surface area (Å²) < 4.78 is 6.31. The highest BCUT2D eigenvalue weighted by Crippen LogP contribution is 2.65. The molecule has 2 aliphatic heterocycles. The largest absolute Gasteiger partial charge is 0.504 e. The van der Waals surface area contributed by atoms with Gasteiger partial charge in [0.2, 0.25) is 0 Å². The second-order valence-corrected chi connectivity index (χ2v) is 10.7. The number of carbonyl (C=O) groups is 1. The number of benzene rings is 2. The fraction of sp³-hybridized carbons (Fsp3) is 0.519. The van der Waals surface area contributed by atoms with Crippen molar-refractivity contribution in [1.29, 1.82) is 0 Å². The van der Waals surface area contributed by atoms with Gasteiger partial charge in [-0.1, -0.05) is 36.4 Å². The van der Waals surface area contributed by atoms with Gasteiger partial charge in [-0.15, -0.1) is 0 Å². The number of carbonyl (C=O) groups excluding carboxylic acids is 1. The average Bonchev–Trinajstić information content (AvgIpc) is 3.52. The number of likely N-dealkylation sites (tertiary alicyclic amines) is 1. The van der Waals surface area contributed by atoms with Crippen LogP contribution in [0.25, 0.3) is 0 Å². The van der Waals surface area contributed by atoms with Gasteiger partial charge in [-0.2, -0.15) is 0 Å². The molecule has 2 N–H and O–H groups in total. The van der Waals surface area contributed by atoms with Crippen LogP contribution in [-0.4, -0.2) is 51.7 Å². The SMILES string of the molecule is O=C1C(Cc2ccccc2)C[C@@]2(O)[C@H]3Cc4ccc(O)c5c4[C@@]2(CCN3CC2CC2)[C@H]1O5. The monoisotopic (exact) mass is 431 g/mol. The summed E-state index contributed by atoms with van der Waals surface area (Å²) in [4.78, 5) is 16.4. The molecule has 1 spiro atoms. The number of aliphatic hydroxyl groups is 1. The third-order valence-electron chi connectivity index (χ3n) is 9.06. The molecular weight excluding hydrogens is 402 g/mol. The van der Waals surface area contributed by atoms with E-state index in [1.165, 1.54) is 12.8 Å². The molecule has 2 aromatic rings. The summed E-state index contributed by atoms with van der Waals surface area (Å²) >= 11 is 0. The molecule has 5 nitrogen and oxygen atoms in total. The van der Waals surface area contributed by atoms with Crippen molar-refractivity contribution in [3.05, 3.63) is 59.2 Å².